The molecule has 0 radical (unpaired) electrons. The molecule has 0 atom stereocenters. The van der Waals surface area contributed by atoms with Crippen molar-refractivity contribution in [2.45, 2.75) is 27.7 Å². The summed E-state index contributed by atoms with van der Waals surface area (Å²) in [6.07, 6.45) is 0. The van der Waals surface area contributed by atoms with Crippen LogP contribution >= 0.6 is 11.8 Å². The van der Waals surface area contributed by atoms with Crippen molar-refractivity contribution in [1.29, 1.82) is 0 Å². The highest BCUT2D eigenvalue weighted by Crippen LogP contribution is 2.15. The van der Waals surface area contributed by atoms with Crippen LogP contribution in [0, 0.1) is 13.8 Å². The van der Waals surface area contributed by atoms with Crippen molar-refractivity contribution in [3.05, 3.63) is 59.7 Å². The number of thioether (sulfide) groups is 1. The van der Waals surface area contributed by atoms with E-state index in [-0.39, 0.29) is 21.7 Å². The highest BCUT2D eigenvalue weighted by molar-refractivity contribution is 8.29. The van der Waals surface area contributed by atoms with E-state index in [1.807, 2.05) is 62.4 Å². The molecule has 27 heavy (non-hydrogen) atoms. The third kappa shape index (κ3) is 6.71. The summed E-state index contributed by atoms with van der Waals surface area (Å²) in [5, 5.41) is 8.56. The number of Topliss-reactive ketones (excluding diaryl/α,β-unsaturated/α-hetero) is 2. The van der Waals surface area contributed by atoms with Crippen LogP contribution < -0.4 is 10.9 Å². The molecule has 140 valence electrons. The van der Waals surface area contributed by atoms with Crippen molar-refractivity contribution in [3.8, 4) is 0 Å². The fourth-order valence-corrected chi connectivity index (χ4v) is 2.58. The summed E-state index contributed by atoms with van der Waals surface area (Å²) in [5.41, 5.74) is 9.42. The molecule has 0 saturated heterocycles. The van der Waals surface area contributed by atoms with Crippen LogP contribution in [0.5, 0.6) is 0 Å². The number of hydrazone groups is 2. The van der Waals surface area contributed by atoms with E-state index in [0.717, 1.165) is 34.3 Å². The van der Waals surface area contributed by atoms with Crippen molar-refractivity contribution in [2.24, 2.45) is 10.2 Å². The molecule has 7 heteroatoms. The molecule has 0 unspecified atom stereocenters. The van der Waals surface area contributed by atoms with Gasteiger partial charge in [-0.05, 0) is 49.9 Å². The lowest BCUT2D eigenvalue weighted by Gasteiger charge is -2.07. The smallest absolute Gasteiger partial charge is 0.186 e. The second kappa shape index (κ2) is 9.68. The lowest BCUT2D eigenvalue weighted by Crippen LogP contribution is -2.16. The Kier molecular flexibility index (Phi) is 7.31. The fourth-order valence-electron chi connectivity index (χ4n) is 1.93. The first-order valence-corrected chi connectivity index (χ1v) is 9.17. The largest absolute Gasteiger partial charge is 0.292 e. The molecule has 6 nitrogen and oxygen atoms in total. The first-order valence-electron chi connectivity index (χ1n) is 8.35. The Morgan fingerprint density at radius 1 is 0.704 bits per heavy atom. The third-order valence-electron chi connectivity index (χ3n) is 3.47. The minimum atomic E-state index is -0.260. The summed E-state index contributed by atoms with van der Waals surface area (Å²) in [6, 6.07) is 15.2. The molecule has 0 amide bonds. The maximum atomic E-state index is 11.9. The van der Waals surface area contributed by atoms with Gasteiger partial charge in [0.25, 0.3) is 0 Å². The summed E-state index contributed by atoms with van der Waals surface area (Å²) in [7, 11) is 0. The highest BCUT2D eigenvalue weighted by Gasteiger charge is 2.16. The molecule has 2 N–H and O–H groups in total. The Morgan fingerprint density at radius 2 is 1.04 bits per heavy atom. The van der Waals surface area contributed by atoms with Crippen molar-refractivity contribution < 1.29 is 9.59 Å². The lowest BCUT2D eigenvalue weighted by molar-refractivity contribution is -0.111. The molecule has 2 aromatic carbocycles. The maximum absolute atomic E-state index is 11.9. The Labute approximate surface area is 163 Å². The molecule has 2 rings (SSSR count). The van der Waals surface area contributed by atoms with Crippen LogP contribution in [0.15, 0.2) is 58.7 Å². The first-order chi connectivity index (χ1) is 12.8. The standard InChI is InChI=1S/C20H22N4O2S/c1-13-5-9-17(10-6-13)21-23-19(15(3)25)27-20(16(4)26)24-22-18-11-7-14(2)8-12-18/h5-12,21-22H,1-4H3/b23-19+,24-20+. The van der Waals surface area contributed by atoms with E-state index in [1.165, 1.54) is 13.8 Å². The predicted molar refractivity (Wildman–Crippen MR) is 113 cm³/mol. The number of rotatable bonds is 6. The molecule has 0 aliphatic carbocycles. The van der Waals surface area contributed by atoms with Crippen molar-refractivity contribution in [3.63, 3.8) is 0 Å². The lowest BCUT2D eigenvalue weighted by atomic mass is 10.2. The Balaban J connectivity index is 2.14. The van der Waals surface area contributed by atoms with Gasteiger partial charge < -0.3 is 0 Å². The number of benzene rings is 2. The van der Waals surface area contributed by atoms with Gasteiger partial charge in [-0.1, -0.05) is 35.4 Å². The zero-order valence-electron chi connectivity index (χ0n) is 15.7. The van der Waals surface area contributed by atoms with Gasteiger partial charge in [-0.2, -0.15) is 10.2 Å². The van der Waals surface area contributed by atoms with E-state index >= 15 is 0 Å². The summed E-state index contributed by atoms with van der Waals surface area (Å²) in [6.45, 7) is 6.77. The molecule has 0 bridgehead atoms. The monoisotopic (exact) mass is 382 g/mol. The minimum absolute atomic E-state index is 0.148. The second-order valence-corrected chi connectivity index (χ2v) is 6.98. The highest BCUT2D eigenvalue weighted by atomic mass is 32.2. The van der Waals surface area contributed by atoms with Crippen LogP contribution in [0.4, 0.5) is 11.4 Å². The quantitative estimate of drug-likeness (QED) is 0.440. The van der Waals surface area contributed by atoms with Gasteiger partial charge in [-0.3, -0.25) is 20.4 Å². The molecule has 0 fully saturated rings. The number of carbonyl (C=O) groups is 2. The maximum Gasteiger partial charge on any atom is 0.186 e. The molecule has 0 aliphatic rings. The topological polar surface area (TPSA) is 82.9 Å². The van der Waals surface area contributed by atoms with Gasteiger partial charge in [0.1, 0.15) is 0 Å². The van der Waals surface area contributed by atoms with Gasteiger partial charge in [0.15, 0.2) is 21.7 Å². The fraction of sp³-hybridized carbons (Fsp3) is 0.200. The second-order valence-electron chi connectivity index (χ2n) is 6.00. The van der Waals surface area contributed by atoms with E-state index in [0.29, 0.717) is 0 Å². The molecule has 0 saturated carbocycles. The van der Waals surface area contributed by atoms with Crippen LogP contribution in [0.2, 0.25) is 0 Å². The number of anilines is 2. The van der Waals surface area contributed by atoms with Crippen molar-refractivity contribution >= 4 is 44.8 Å². The van der Waals surface area contributed by atoms with E-state index < -0.39 is 0 Å². The number of nitrogens with zero attached hydrogens (tertiary/aromatic N) is 2. The third-order valence-corrected chi connectivity index (χ3v) is 4.62. The van der Waals surface area contributed by atoms with Gasteiger partial charge in [0.05, 0.1) is 11.4 Å². The Morgan fingerprint density at radius 3 is 1.33 bits per heavy atom. The molecular formula is C20H22N4O2S. The normalized spacial score (nSPS) is 11.9. The zero-order chi connectivity index (χ0) is 19.8. The van der Waals surface area contributed by atoms with Crippen LogP contribution in [-0.4, -0.2) is 21.7 Å². The van der Waals surface area contributed by atoms with Gasteiger partial charge in [-0.15, -0.1) is 0 Å². The van der Waals surface area contributed by atoms with E-state index in [9.17, 15) is 9.59 Å². The van der Waals surface area contributed by atoms with Gasteiger partial charge >= 0.3 is 0 Å². The summed E-state index contributed by atoms with van der Waals surface area (Å²) in [5.74, 6) is -0.521. The van der Waals surface area contributed by atoms with Crippen LogP contribution in [0.1, 0.15) is 25.0 Å². The van der Waals surface area contributed by atoms with E-state index in [1.54, 1.807) is 0 Å². The molecule has 2 aromatic rings. The summed E-state index contributed by atoms with van der Waals surface area (Å²) < 4.78 is 0. The Hall–Kier alpha value is -2.93. The zero-order valence-corrected chi connectivity index (χ0v) is 16.6. The van der Waals surface area contributed by atoms with Crippen molar-refractivity contribution in [1.82, 2.24) is 0 Å². The minimum Gasteiger partial charge on any atom is -0.292 e. The first kappa shape index (κ1) is 20.4. The average Bonchev–Trinajstić information content (AvgIpc) is 2.63. The molecular weight excluding hydrogens is 360 g/mol. The molecule has 0 heterocycles. The van der Waals surface area contributed by atoms with E-state index in [2.05, 4.69) is 21.1 Å². The number of nitrogens with one attached hydrogen (secondary N) is 2. The molecule has 0 spiro atoms. The van der Waals surface area contributed by atoms with Gasteiger partial charge in [-0.25, -0.2) is 0 Å². The van der Waals surface area contributed by atoms with E-state index in [4.69, 9.17) is 0 Å². The SMILES string of the molecule is CC(=O)/C(=N\Nc1ccc(C)cc1)S/C(=N/Nc1ccc(C)cc1)C(C)=O. The van der Waals surface area contributed by atoms with Gasteiger partial charge in [0.2, 0.25) is 0 Å². The van der Waals surface area contributed by atoms with Gasteiger partial charge in [0, 0.05) is 13.8 Å². The number of hydrogen-bond donors (Lipinski definition) is 2. The summed E-state index contributed by atoms with van der Waals surface area (Å²) >= 11 is 0.927. The Bertz CT molecular complexity index is 798. The number of carbonyl (C=O) groups excluding carboxylic acids is 2. The number of ketones is 2. The predicted octanol–water partition coefficient (Wildman–Crippen LogP) is 4.37. The molecule has 0 aromatic heterocycles. The average molecular weight is 382 g/mol. The summed E-state index contributed by atoms with van der Waals surface area (Å²) in [4.78, 5) is 23.8. The van der Waals surface area contributed by atoms with Crippen LogP contribution in [0.3, 0.4) is 0 Å². The number of hydrogen-bond acceptors (Lipinski definition) is 7. The van der Waals surface area contributed by atoms with Crippen LogP contribution in [0.25, 0.3) is 0 Å². The molecule has 0 aliphatic heterocycles. The van der Waals surface area contributed by atoms with Crippen LogP contribution in [-0.2, 0) is 9.59 Å². The van der Waals surface area contributed by atoms with Crippen molar-refractivity contribution in [2.75, 3.05) is 10.9 Å². The number of aryl methyl sites for hydroxylation is 2.